The van der Waals surface area contributed by atoms with E-state index in [0.717, 1.165) is 25.9 Å². The van der Waals surface area contributed by atoms with Crippen LogP contribution in [0.3, 0.4) is 0 Å². The van der Waals surface area contributed by atoms with E-state index < -0.39 is 18.1 Å². The molecule has 6 aliphatic rings. The Hall–Kier alpha value is -1.24. The highest BCUT2D eigenvalue weighted by Gasteiger charge is 2.71. The molecule has 0 saturated heterocycles. The summed E-state index contributed by atoms with van der Waals surface area (Å²) >= 11 is 0. The summed E-state index contributed by atoms with van der Waals surface area (Å²) in [6, 6.07) is 0. The average molecular weight is 683 g/mol. The molecule has 0 amide bonds. The normalized spacial score (nSPS) is 45.1. The molecule has 0 bridgehead atoms. The molecular weight excluding hydrogens is 611 g/mol. The molecule has 0 radical (unpaired) electrons. The van der Waals surface area contributed by atoms with E-state index in [2.05, 4.69) is 84.9 Å². The number of likely N-dealkylation sites (N-methyl/N-ethyl adjacent to an activating group) is 1. The van der Waals surface area contributed by atoms with Crippen LogP contribution in [0.1, 0.15) is 126 Å². The Labute approximate surface area is 298 Å². The third kappa shape index (κ3) is 5.56. The zero-order valence-electron chi connectivity index (χ0n) is 32.6. The standard InChI is InChI=1S/C43H71FN2O3/c1-28(2)30-14-21-43(35(47)26-45-24-25-46(8)9)23-22-40(6)32(36(30)43)10-11-34-39(5)17-15-31(38(3,4)33(39)16-18-41(34,40)7)29-12-19-42(27-44,20-13-29)37(48)49/h12,15,28,30,32-36,45,47H,10-11,13-14,16-27H2,1-9H3,(H,48,49)/t30-,32?,33?,34?,35-,36?,39-,40+,41+,42-,43+/m0/s1. The first-order chi connectivity index (χ1) is 22.9. The second kappa shape index (κ2) is 13.0. The van der Waals surface area contributed by atoms with Gasteiger partial charge in [0.25, 0.3) is 0 Å². The molecule has 0 heterocycles. The second-order valence-corrected chi connectivity index (χ2v) is 20.1. The summed E-state index contributed by atoms with van der Waals surface area (Å²) in [5, 5.41) is 25.5. The smallest absolute Gasteiger partial charge is 0.312 e. The van der Waals surface area contributed by atoms with Gasteiger partial charge in [0, 0.05) is 25.0 Å². The topological polar surface area (TPSA) is 72.8 Å². The Bertz CT molecular complexity index is 1320. The Kier molecular flexibility index (Phi) is 9.96. The van der Waals surface area contributed by atoms with Crippen molar-refractivity contribution < 1.29 is 19.4 Å². The first-order valence-electron chi connectivity index (χ1n) is 20.2. The van der Waals surface area contributed by atoms with Gasteiger partial charge in [0.1, 0.15) is 6.67 Å². The molecule has 4 unspecified atom stereocenters. The number of carboxylic acids is 1. The largest absolute Gasteiger partial charge is 0.481 e. The molecule has 0 aromatic carbocycles. The third-order valence-electron chi connectivity index (χ3n) is 17.4. The van der Waals surface area contributed by atoms with Gasteiger partial charge in [0.2, 0.25) is 0 Å². The van der Waals surface area contributed by atoms with Gasteiger partial charge in [-0.15, -0.1) is 0 Å². The number of hydrogen-bond donors (Lipinski definition) is 3. The van der Waals surface area contributed by atoms with E-state index in [1.165, 1.54) is 56.1 Å². The summed E-state index contributed by atoms with van der Waals surface area (Å²) in [5.41, 5.74) is 2.22. The molecule has 0 spiro atoms. The molecule has 6 heteroatoms. The lowest BCUT2D eigenvalue weighted by Gasteiger charge is -2.72. The number of fused-ring (bicyclic) bond motifs is 7. The number of halogens is 1. The SMILES string of the molecule is CC(C)[C@@H]1CC[C@]2([C@@H](O)CNCCN(C)C)CC[C@]3(C)C(CCC4[C@@]5(C)CC=C(C6=CC[C@](CF)(C(=O)O)CC6)C(C)(C)C5CC[C@]43C)C12. The van der Waals surface area contributed by atoms with Crippen molar-refractivity contribution in [2.45, 2.75) is 132 Å². The average Bonchev–Trinajstić information content (AvgIpc) is 3.44. The fourth-order valence-electron chi connectivity index (χ4n) is 14.4. The van der Waals surface area contributed by atoms with Gasteiger partial charge in [0.15, 0.2) is 0 Å². The van der Waals surface area contributed by atoms with Crippen molar-refractivity contribution in [2.24, 2.45) is 68.0 Å². The van der Waals surface area contributed by atoms with Gasteiger partial charge in [-0.25, -0.2) is 4.39 Å². The molecule has 3 N–H and O–H groups in total. The van der Waals surface area contributed by atoms with Crippen molar-refractivity contribution >= 4 is 5.97 Å². The monoisotopic (exact) mass is 683 g/mol. The lowest BCUT2D eigenvalue weighted by atomic mass is 9.32. The highest BCUT2D eigenvalue weighted by Crippen LogP contribution is 2.78. The van der Waals surface area contributed by atoms with Crippen molar-refractivity contribution in [3.63, 3.8) is 0 Å². The number of alkyl halides is 1. The van der Waals surface area contributed by atoms with Gasteiger partial charge in [0.05, 0.1) is 11.5 Å². The van der Waals surface area contributed by atoms with Gasteiger partial charge < -0.3 is 20.4 Å². The molecule has 5 nitrogen and oxygen atoms in total. The number of carboxylic acid groups (broad SMARTS) is 1. The van der Waals surface area contributed by atoms with Crippen molar-refractivity contribution in [2.75, 3.05) is 40.4 Å². The number of carbonyl (C=O) groups is 1. The molecule has 6 rings (SSSR count). The van der Waals surface area contributed by atoms with Crippen LogP contribution >= 0.6 is 0 Å². The fourth-order valence-corrected chi connectivity index (χ4v) is 14.4. The minimum atomic E-state index is -1.25. The quantitative estimate of drug-likeness (QED) is 0.201. The van der Waals surface area contributed by atoms with E-state index in [-0.39, 0.29) is 33.2 Å². The zero-order valence-corrected chi connectivity index (χ0v) is 32.6. The maximum absolute atomic E-state index is 14.0. The van der Waals surface area contributed by atoms with Crippen LogP contribution < -0.4 is 5.32 Å². The molecule has 6 aliphatic carbocycles. The summed E-state index contributed by atoms with van der Waals surface area (Å²) in [7, 11) is 4.23. The highest BCUT2D eigenvalue weighted by atomic mass is 19.1. The van der Waals surface area contributed by atoms with Crippen LogP contribution in [-0.2, 0) is 4.79 Å². The van der Waals surface area contributed by atoms with Gasteiger partial charge >= 0.3 is 5.97 Å². The molecule has 4 saturated carbocycles. The maximum atomic E-state index is 14.0. The van der Waals surface area contributed by atoms with Crippen molar-refractivity contribution in [3.8, 4) is 0 Å². The summed E-state index contributed by atoms with van der Waals surface area (Å²) in [6.45, 7) is 19.7. The first-order valence-corrected chi connectivity index (χ1v) is 20.2. The second-order valence-electron chi connectivity index (χ2n) is 20.1. The van der Waals surface area contributed by atoms with Gasteiger partial charge in [-0.05, 0) is 159 Å². The van der Waals surface area contributed by atoms with Crippen LogP contribution in [0.2, 0.25) is 0 Å². The number of rotatable bonds is 10. The summed E-state index contributed by atoms with van der Waals surface area (Å²) < 4.78 is 14.0. The van der Waals surface area contributed by atoms with Crippen LogP contribution in [0.25, 0.3) is 0 Å². The lowest BCUT2D eigenvalue weighted by Crippen LogP contribution is -2.66. The van der Waals surface area contributed by atoms with Gasteiger partial charge in [-0.2, -0.15) is 0 Å². The Morgan fingerprint density at radius 1 is 0.939 bits per heavy atom. The summed E-state index contributed by atoms with van der Waals surface area (Å²) in [5.74, 6) is 2.82. The number of nitrogens with one attached hydrogen (secondary N) is 1. The number of aliphatic hydroxyl groups excluding tert-OH is 1. The lowest BCUT2D eigenvalue weighted by molar-refractivity contribution is -0.238. The predicted molar refractivity (Wildman–Crippen MR) is 198 cm³/mol. The zero-order chi connectivity index (χ0) is 35.8. The van der Waals surface area contributed by atoms with Crippen LogP contribution in [0, 0.1) is 68.0 Å². The summed E-state index contributed by atoms with van der Waals surface area (Å²) in [6.07, 6.45) is 16.7. The van der Waals surface area contributed by atoms with E-state index in [1.54, 1.807) is 0 Å². The van der Waals surface area contributed by atoms with Crippen molar-refractivity contribution in [1.29, 1.82) is 0 Å². The Morgan fingerprint density at radius 2 is 1.67 bits per heavy atom. The molecule has 11 atom stereocenters. The molecule has 4 fully saturated rings. The number of nitrogens with zero attached hydrogens (tertiary/aromatic N) is 1. The third-order valence-corrected chi connectivity index (χ3v) is 17.4. The molecule has 0 aliphatic heterocycles. The van der Waals surface area contributed by atoms with Crippen LogP contribution in [0.4, 0.5) is 4.39 Å². The van der Waals surface area contributed by atoms with Crippen LogP contribution in [-0.4, -0.2) is 67.6 Å². The van der Waals surface area contributed by atoms with Crippen molar-refractivity contribution in [3.05, 3.63) is 23.3 Å². The summed E-state index contributed by atoms with van der Waals surface area (Å²) in [4.78, 5) is 14.2. The molecule has 0 aromatic heterocycles. The van der Waals surface area contributed by atoms with E-state index in [4.69, 9.17) is 0 Å². The van der Waals surface area contributed by atoms with E-state index in [9.17, 15) is 19.4 Å². The van der Waals surface area contributed by atoms with E-state index in [1.807, 2.05) is 0 Å². The number of aliphatic hydroxyl groups is 1. The Balaban J connectivity index is 1.28. The minimum Gasteiger partial charge on any atom is -0.481 e. The van der Waals surface area contributed by atoms with Crippen LogP contribution in [0.15, 0.2) is 23.3 Å². The maximum Gasteiger partial charge on any atom is 0.312 e. The van der Waals surface area contributed by atoms with Crippen LogP contribution in [0.5, 0.6) is 0 Å². The Morgan fingerprint density at radius 3 is 2.29 bits per heavy atom. The number of aliphatic carboxylic acids is 1. The predicted octanol–water partition coefficient (Wildman–Crippen LogP) is 8.92. The molecular formula is C43H71FN2O3. The van der Waals surface area contributed by atoms with Crippen molar-refractivity contribution in [1.82, 2.24) is 10.2 Å². The number of allylic oxidation sites excluding steroid dienone is 4. The van der Waals surface area contributed by atoms with E-state index in [0.29, 0.717) is 61.3 Å². The molecule has 0 aromatic rings. The first kappa shape index (κ1) is 37.5. The fraction of sp³-hybridized carbons (Fsp3) is 0.884. The highest BCUT2D eigenvalue weighted by molar-refractivity contribution is 5.75. The molecule has 49 heavy (non-hydrogen) atoms. The number of hydrogen-bond acceptors (Lipinski definition) is 4. The minimum absolute atomic E-state index is 0.00351. The van der Waals surface area contributed by atoms with E-state index >= 15 is 0 Å². The van der Waals surface area contributed by atoms with Gasteiger partial charge in [-0.3, -0.25) is 4.79 Å². The molecule has 278 valence electrons. The van der Waals surface area contributed by atoms with Gasteiger partial charge in [-0.1, -0.05) is 60.6 Å².